The standard InChI is InChI=1S/C17H15F2NO/c1-10-6-7-13(16(19)15(10)18)17(21)12-8-9-20-14-5-3-2-4-11(12)14/h2-7,12,20H,8-9H2,1H3. The van der Waals surface area contributed by atoms with E-state index in [0.717, 1.165) is 11.3 Å². The molecular weight excluding hydrogens is 272 g/mol. The van der Waals surface area contributed by atoms with Gasteiger partial charge in [-0.3, -0.25) is 4.79 Å². The van der Waals surface area contributed by atoms with Gasteiger partial charge in [-0.1, -0.05) is 24.3 Å². The largest absolute Gasteiger partial charge is 0.385 e. The van der Waals surface area contributed by atoms with Gasteiger partial charge in [-0.05, 0) is 36.6 Å². The van der Waals surface area contributed by atoms with E-state index in [0.29, 0.717) is 13.0 Å². The average molecular weight is 287 g/mol. The smallest absolute Gasteiger partial charge is 0.173 e. The number of Topliss-reactive ketones (excluding diaryl/α,β-unsaturated/α-hetero) is 1. The fourth-order valence-corrected chi connectivity index (χ4v) is 2.76. The Morgan fingerprint density at radius 1 is 1.14 bits per heavy atom. The second kappa shape index (κ2) is 5.28. The third-order valence-electron chi connectivity index (χ3n) is 3.94. The van der Waals surface area contributed by atoms with Gasteiger partial charge in [0.1, 0.15) is 0 Å². The number of carbonyl (C=O) groups excluding carboxylic acids is 1. The minimum Gasteiger partial charge on any atom is -0.385 e. The Kier molecular flexibility index (Phi) is 3.45. The topological polar surface area (TPSA) is 29.1 Å². The Labute approximate surface area is 121 Å². The lowest BCUT2D eigenvalue weighted by atomic mass is 9.84. The predicted molar refractivity (Wildman–Crippen MR) is 77.7 cm³/mol. The molecule has 2 aromatic carbocycles. The lowest BCUT2D eigenvalue weighted by Gasteiger charge is -2.25. The molecular formula is C17H15F2NO. The molecule has 0 saturated heterocycles. The molecule has 3 rings (SSSR count). The Bertz CT molecular complexity index is 712. The summed E-state index contributed by atoms with van der Waals surface area (Å²) in [6.07, 6.45) is 0.574. The van der Waals surface area contributed by atoms with Crippen LogP contribution < -0.4 is 5.32 Å². The summed E-state index contributed by atoms with van der Waals surface area (Å²) in [4.78, 5) is 12.6. The summed E-state index contributed by atoms with van der Waals surface area (Å²) in [5.41, 5.74) is 1.76. The molecule has 2 aromatic rings. The molecule has 0 saturated carbocycles. The van der Waals surface area contributed by atoms with E-state index in [1.807, 2.05) is 24.3 Å². The molecule has 0 amide bonds. The molecule has 2 nitrogen and oxygen atoms in total. The van der Waals surface area contributed by atoms with Gasteiger partial charge in [0, 0.05) is 12.2 Å². The van der Waals surface area contributed by atoms with Crippen LogP contribution in [0.3, 0.4) is 0 Å². The van der Waals surface area contributed by atoms with Crippen LogP contribution >= 0.6 is 0 Å². The lowest BCUT2D eigenvalue weighted by Crippen LogP contribution is -2.24. The highest BCUT2D eigenvalue weighted by Gasteiger charge is 2.29. The van der Waals surface area contributed by atoms with E-state index in [1.165, 1.54) is 19.1 Å². The number of aryl methyl sites for hydroxylation is 1. The maximum atomic E-state index is 14.0. The lowest BCUT2D eigenvalue weighted by molar-refractivity contribution is 0.0950. The van der Waals surface area contributed by atoms with Gasteiger partial charge in [0.15, 0.2) is 17.4 Å². The first-order valence-electron chi connectivity index (χ1n) is 6.91. The Hall–Kier alpha value is -2.23. The number of nitrogens with one attached hydrogen (secondary N) is 1. The van der Waals surface area contributed by atoms with E-state index in [2.05, 4.69) is 5.32 Å². The van der Waals surface area contributed by atoms with Crippen molar-refractivity contribution >= 4 is 11.5 Å². The molecule has 1 atom stereocenters. The third kappa shape index (κ3) is 2.31. The van der Waals surface area contributed by atoms with Gasteiger partial charge in [-0.2, -0.15) is 0 Å². The normalized spacial score (nSPS) is 17.0. The quantitative estimate of drug-likeness (QED) is 0.844. The number of anilines is 1. The summed E-state index contributed by atoms with van der Waals surface area (Å²) in [5.74, 6) is -2.78. The van der Waals surface area contributed by atoms with E-state index in [4.69, 9.17) is 0 Å². The molecule has 0 aliphatic carbocycles. The van der Waals surface area contributed by atoms with Crippen molar-refractivity contribution in [2.45, 2.75) is 19.3 Å². The first-order valence-corrected chi connectivity index (χ1v) is 6.91. The SMILES string of the molecule is Cc1ccc(C(=O)C2CCNc3ccccc32)c(F)c1F. The fourth-order valence-electron chi connectivity index (χ4n) is 2.76. The van der Waals surface area contributed by atoms with Crippen molar-refractivity contribution in [1.29, 1.82) is 0 Å². The highest BCUT2D eigenvalue weighted by atomic mass is 19.2. The van der Waals surface area contributed by atoms with Crippen LogP contribution in [-0.4, -0.2) is 12.3 Å². The number of fused-ring (bicyclic) bond motifs is 1. The molecule has 0 fully saturated rings. The summed E-state index contributed by atoms with van der Waals surface area (Å²) < 4.78 is 27.7. The minimum atomic E-state index is -1.05. The molecule has 0 spiro atoms. The number of benzene rings is 2. The Balaban J connectivity index is 2.03. The van der Waals surface area contributed by atoms with Crippen LogP contribution in [0.1, 0.15) is 33.8 Å². The molecule has 1 aliphatic heterocycles. The summed E-state index contributed by atoms with van der Waals surface area (Å²) >= 11 is 0. The first-order chi connectivity index (χ1) is 10.1. The summed E-state index contributed by atoms with van der Waals surface area (Å²) in [6, 6.07) is 10.3. The van der Waals surface area contributed by atoms with Gasteiger partial charge in [-0.25, -0.2) is 8.78 Å². The second-order valence-corrected chi connectivity index (χ2v) is 5.28. The van der Waals surface area contributed by atoms with Gasteiger partial charge in [0.05, 0.1) is 11.5 Å². The Morgan fingerprint density at radius 3 is 2.71 bits per heavy atom. The molecule has 1 aliphatic rings. The molecule has 0 bridgehead atoms. The maximum absolute atomic E-state index is 14.0. The highest BCUT2D eigenvalue weighted by Crippen LogP contribution is 2.34. The van der Waals surface area contributed by atoms with Crippen LogP contribution in [0.4, 0.5) is 14.5 Å². The van der Waals surface area contributed by atoms with Crippen molar-refractivity contribution in [3.8, 4) is 0 Å². The Morgan fingerprint density at radius 2 is 1.90 bits per heavy atom. The van der Waals surface area contributed by atoms with Crippen molar-refractivity contribution in [3.63, 3.8) is 0 Å². The molecule has 1 N–H and O–H groups in total. The van der Waals surface area contributed by atoms with Crippen molar-refractivity contribution in [1.82, 2.24) is 0 Å². The number of carbonyl (C=O) groups is 1. The molecule has 21 heavy (non-hydrogen) atoms. The molecule has 108 valence electrons. The molecule has 0 aromatic heterocycles. The average Bonchev–Trinajstić information content (AvgIpc) is 2.51. The van der Waals surface area contributed by atoms with Crippen molar-refractivity contribution < 1.29 is 13.6 Å². The second-order valence-electron chi connectivity index (χ2n) is 5.28. The maximum Gasteiger partial charge on any atom is 0.173 e. The van der Waals surface area contributed by atoms with Gasteiger partial charge >= 0.3 is 0 Å². The highest BCUT2D eigenvalue weighted by molar-refractivity contribution is 6.02. The number of halogens is 2. The van der Waals surface area contributed by atoms with Crippen LogP contribution in [0.2, 0.25) is 0 Å². The van der Waals surface area contributed by atoms with Gasteiger partial charge < -0.3 is 5.32 Å². The van der Waals surface area contributed by atoms with Gasteiger partial charge in [0.25, 0.3) is 0 Å². The molecule has 0 radical (unpaired) electrons. The van der Waals surface area contributed by atoms with E-state index in [-0.39, 0.29) is 16.9 Å². The fraction of sp³-hybridized carbons (Fsp3) is 0.235. The van der Waals surface area contributed by atoms with Crippen LogP contribution in [-0.2, 0) is 0 Å². The van der Waals surface area contributed by atoms with Crippen LogP contribution in [0.15, 0.2) is 36.4 Å². The number of ketones is 1. The monoisotopic (exact) mass is 287 g/mol. The minimum absolute atomic E-state index is 0.167. The number of hydrogen-bond donors (Lipinski definition) is 1. The van der Waals surface area contributed by atoms with E-state index in [1.54, 1.807) is 0 Å². The van der Waals surface area contributed by atoms with Gasteiger partial charge in [-0.15, -0.1) is 0 Å². The van der Waals surface area contributed by atoms with E-state index in [9.17, 15) is 13.6 Å². The van der Waals surface area contributed by atoms with Crippen LogP contribution in [0.25, 0.3) is 0 Å². The molecule has 4 heteroatoms. The zero-order valence-electron chi connectivity index (χ0n) is 11.6. The predicted octanol–water partition coefficient (Wildman–Crippen LogP) is 4.06. The van der Waals surface area contributed by atoms with Crippen LogP contribution in [0, 0.1) is 18.6 Å². The van der Waals surface area contributed by atoms with Crippen LogP contribution in [0.5, 0.6) is 0 Å². The van der Waals surface area contributed by atoms with Crippen molar-refractivity contribution in [2.75, 3.05) is 11.9 Å². The van der Waals surface area contributed by atoms with Crippen molar-refractivity contribution in [2.24, 2.45) is 0 Å². The van der Waals surface area contributed by atoms with E-state index < -0.39 is 17.6 Å². The third-order valence-corrected chi connectivity index (χ3v) is 3.94. The van der Waals surface area contributed by atoms with E-state index >= 15 is 0 Å². The van der Waals surface area contributed by atoms with Gasteiger partial charge in [0.2, 0.25) is 0 Å². The number of hydrogen-bond acceptors (Lipinski definition) is 2. The summed E-state index contributed by atoms with van der Waals surface area (Å²) in [5, 5.41) is 3.21. The zero-order chi connectivity index (χ0) is 15.0. The number of rotatable bonds is 2. The molecule has 1 heterocycles. The summed E-state index contributed by atoms with van der Waals surface area (Å²) in [6.45, 7) is 2.12. The molecule has 1 unspecified atom stereocenters. The zero-order valence-corrected chi connectivity index (χ0v) is 11.6. The first kappa shape index (κ1) is 13.7. The number of para-hydroxylation sites is 1. The van der Waals surface area contributed by atoms with Crippen molar-refractivity contribution in [3.05, 3.63) is 64.7 Å². The summed E-state index contributed by atoms with van der Waals surface area (Å²) in [7, 11) is 0.